The smallest absolute Gasteiger partial charge is 0.278 e. The van der Waals surface area contributed by atoms with Gasteiger partial charge in [-0.25, -0.2) is 9.97 Å². The molecule has 7 nitrogen and oxygen atoms in total. The third kappa shape index (κ3) is 4.22. The fraction of sp³-hybridized carbons (Fsp3) is 0.421. The Balaban J connectivity index is 1.53. The molecule has 1 saturated carbocycles. The number of rotatable bonds is 6. The molecule has 0 atom stereocenters. The summed E-state index contributed by atoms with van der Waals surface area (Å²) >= 11 is 0. The van der Waals surface area contributed by atoms with Crippen LogP contribution >= 0.6 is 0 Å². The quantitative estimate of drug-likeness (QED) is 0.856. The number of hydrogen-bond donors (Lipinski definition) is 1. The molecule has 0 spiro atoms. The van der Waals surface area contributed by atoms with Crippen molar-refractivity contribution in [1.29, 1.82) is 0 Å². The Morgan fingerprint density at radius 3 is 2.38 bits per heavy atom. The standard InChI is InChI=1S/C19H23N3O4/c1-24-16-6-4-3-5-15(16)17(23)22-13-7-9-14(10-8-13)26-19-18(25-2)20-11-12-21-19/h3-6,11-14H,7-10H2,1-2H3,(H,22,23). The van der Waals surface area contributed by atoms with Crippen molar-refractivity contribution in [3.05, 3.63) is 42.2 Å². The van der Waals surface area contributed by atoms with Crippen LogP contribution in [0.4, 0.5) is 0 Å². The summed E-state index contributed by atoms with van der Waals surface area (Å²) in [6, 6.07) is 7.35. The van der Waals surface area contributed by atoms with Crippen molar-refractivity contribution in [2.24, 2.45) is 0 Å². The molecule has 0 saturated heterocycles. The van der Waals surface area contributed by atoms with Crippen LogP contribution in [0.2, 0.25) is 0 Å². The summed E-state index contributed by atoms with van der Waals surface area (Å²) in [5, 5.41) is 3.09. The van der Waals surface area contributed by atoms with Crippen molar-refractivity contribution in [3.63, 3.8) is 0 Å². The van der Waals surface area contributed by atoms with Crippen molar-refractivity contribution >= 4 is 5.91 Å². The highest BCUT2D eigenvalue weighted by atomic mass is 16.5. The van der Waals surface area contributed by atoms with Crippen molar-refractivity contribution in [2.75, 3.05) is 14.2 Å². The largest absolute Gasteiger partial charge is 0.496 e. The summed E-state index contributed by atoms with van der Waals surface area (Å²) < 4.78 is 16.3. The molecule has 0 unspecified atom stereocenters. The Kier molecular flexibility index (Phi) is 5.88. The molecule has 1 aliphatic rings. The van der Waals surface area contributed by atoms with E-state index in [0.717, 1.165) is 25.7 Å². The number of carbonyl (C=O) groups is 1. The molecule has 138 valence electrons. The van der Waals surface area contributed by atoms with Crippen LogP contribution in [0.15, 0.2) is 36.7 Å². The molecule has 7 heteroatoms. The zero-order valence-electron chi connectivity index (χ0n) is 15.0. The average Bonchev–Trinajstić information content (AvgIpc) is 2.69. The summed E-state index contributed by atoms with van der Waals surface area (Å²) in [6.45, 7) is 0. The Hall–Kier alpha value is -2.83. The molecule has 1 heterocycles. The zero-order valence-corrected chi connectivity index (χ0v) is 15.0. The van der Waals surface area contributed by atoms with Crippen molar-refractivity contribution in [3.8, 4) is 17.5 Å². The zero-order chi connectivity index (χ0) is 18.4. The van der Waals surface area contributed by atoms with Crippen LogP contribution < -0.4 is 19.5 Å². The summed E-state index contributed by atoms with van der Waals surface area (Å²) in [6.07, 6.45) is 6.53. The molecule has 0 radical (unpaired) electrons. The average molecular weight is 357 g/mol. The van der Waals surface area contributed by atoms with Gasteiger partial charge in [-0.1, -0.05) is 12.1 Å². The molecule has 0 aliphatic heterocycles. The molecule has 2 aromatic rings. The maximum absolute atomic E-state index is 12.5. The molecular weight excluding hydrogens is 334 g/mol. The predicted octanol–water partition coefficient (Wildman–Crippen LogP) is 2.61. The highest BCUT2D eigenvalue weighted by molar-refractivity contribution is 5.97. The van der Waals surface area contributed by atoms with E-state index >= 15 is 0 Å². The fourth-order valence-electron chi connectivity index (χ4n) is 3.11. The van der Waals surface area contributed by atoms with Crippen LogP contribution in [-0.2, 0) is 0 Å². The lowest BCUT2D eigenvalue weighted by molar-refractivity contribution is 0.0883. The molecule has 3 rings (SSSR count). The minimum atomic E-state index is -0.109. The van der Waals surface area contributed by atoms with Crippen LogP contribution in [0.1, 0.15) is 36.0 Å². The van der Waals surface area contributed by atoms with Crippen LogP contribution in [-0.4, -0.2) is 42.2 Å². The van der Waals surface area contributed by atoms with E-state index in [9.17, 15) is 4.79 Å². The molecule has 1 aromatic heterocycles. The van der Waals surface area contributed by atoms with Gasteiger partial charge >= 0.3 is 0 Å². The van der Waals surface area contributed by atoms with Crippen molar-refractivity contribution in [1.82, 2.24) is 15.3 Å². The number of para-hydroxylation sites is 1. The van der Waals surface area contributed by atoms with Gasteiger partial charge in [-0.2, -0.15) is 0 Å². The number of aromatic nitrogens is 2. The number of carbonyl (C=O) groups excluding carboxylic acids is 1. The lowest BCUT2D eigenvalue weighted by atomic mass is 9.92. The SMILES string of the molecule is COc1ccccc1C(=O)NC1CCC(Oc2nccnc2OC)CC1. The number of nitrogens with zero attached hydrogens (tertiary/aromatic N) is 2. The summed E-state index contributed by atoms with van der Waals surface area (Å²) in [4.78, 5) is 20.8. The Morgan fingerprint density at radius 1 is 1.00 bits per heavy atom. The second-order valence-electron chi connectivity index (χ2n) is 6.14. The van der Waals surface area contributed by atoms with Gasteiger partial charge in [-0.15, -0.1) is 0 Å². The minimum absolute atomic E-state index is 0.0417. The lowest BCUT2D eigenvalue weighted by Gasteiger charge is -2.29. The van der Waals surface area contributed by atoms with E-state index in [4.69, 9.17) is 14.2 Å². The number of nitrogens with one attached hydrogen (secondary N) is 1. The fourth-order valence-corrected chi connectivity index (χ4v) is 3.11. The number of benzene rings is 1. The first kappa shape index (κ1) is 18.0. The van der Waals surface area contributed by atoms with Crippen LogP contribution in [0.5, 0.6) is 17.5 Å². The second-order valence-corrected chi connectivity index (χ2v) is 6.14. The Morgan fingerprint density at radius 2 is 1.69 bits per heavy atom. The summed E-state index contributed by atoms with van der Waals surface area (Å²) in [7, 11) is 3.11. The first-order valence-corrected chi connectivity index (χ1v) is 8.66. The van der Waals surface area contributed by atoms with Gasteiger partial charge in [-0.05, 0) is 37.8 Å². The topological polar surface area (TPSA) is 82.6 Å². The minimum Gasteiger partial charge on any atom is -0.496 e. The van der Waals surface area contributed by atoms with E-state index in [1.807, 2.05) is 12.1 Å². The number of hydrogen-bond acceptors (Lipinski definition) is 6. The van der Waals surface area contributed by atoms with Crippen molar-refractivity contribution < 1.29 is 19.0 Å². The molecule has 1 aromatic carbocycles. The highest BCUT2D eigenvalue weighted by Crippen LogP contribution is 2.27. The van der Waals surface area contributed by atoms with Gasteiger partial charge in [0.1, 0.15) is 11.9 Å². The van der Waals surface area contributed by atoms with Gasteiger partial charge in [0.05, 0.1) is 19.8 Å². The first-order chi connectivity index (χ1) is 12.7. The van der Waals surface area contributed by atoms with Gasteiger partial charge in [0.15, 0.2) is 0 Å². The second kappa shape index (κ2) is 8.51. The van der Waals surface area contributed by atoms with E-state index in [0.29, 0.717) is 23.1 Å². The summed E-state index contributed by atoms with van der Waals surface area (Å²) in [5.74, 6) is 1.27. The van der Waals surface area contributed by atoms with E-state index in [1.165, 1.54) is 0 Å². The van der Waals surface area contributed by atoms with E-state index in [1.54, 1.807) is 38.7 Å². The molecule has 1 amide bonds. The van der Waals surface area contributed by atoms with Gasteiger partial charge in [-0.3, -0.25) is 4.79 Å². The molecule has 1 fully saturated rings. The third-order valence-electron chi connectivity index (χ3n) is 4.47. The molecular formula is C19H23N3O4. The Labute approximate surface area is 152 Å². The molecule has 1 aliphatic carbocycles. The molecule has 26 heavy (non-hydrogen) atoms. The third-order valence-corrected chi connectivity index (χ3v) is 4.47. The number of methoxy groups -OCH3 is 2. The van der Waals surface area contributed by atoms with Crippen LogP contribution in [0, 0.1) is 0 Å². The van der Waals surface area contributed by atoms with Gasteiger partial charge in [0.2, 0.25) is 0 Å². The van der Waals surface area contributed by atoms with Crippen LogP contribution in [0.3, 0.4) is 0 Å². The Bertz CT molecular complexity index is 745. The molecule has 0 bridgehead atoms. The van der Waals surface area contributed by atoms with E-state index in [-0.39, 0.29) is 18.1 Å². The normalized spacial score (nSPS) is 19.5. The molecule has 1 N–H and O–H groups in total. The maximum atomic E-state index is 12.5. The van der Waals surface area contributed by atoms with E-state index < -0.39 is 0 Å². The monoisotopic (exact) mass is 357 g/mol. The number of ether oxygens (including phenoxy) is 3. The highest BCUT2D eigenvalue weighted by Gasteiger charge is 2.26. The lowest BCUT2D eigenvalue weighted by Crippen LogP contribution is -2.39. The summed E-state index contributed by atoms with van der Waals surface area (Å²) in [5.41, 5.74) is 0.553. The van der Waals surface area contributed by atoms with Gasteiger partial charge in [0.25, 0.3) is 17.7 Å². The number of amides is 1. The first-order valence-electron chi connectivity index (χ1n) is 8.66. The van der Waals surface area contributed by atoms with Gasteiger partial charge in [0, 0.05) is 18.4 Å². The van der Waals surface area contributed by atoms with Crippen LogP contribution in [0.25, 0.3) is 0 Å². The van der Waals surface area contributed by atoms with Crippen molar-refractivity contribution in [2.45, 2.75) is 37.8 Å². The van der Waals surface area contributed by atoms with Gasteiger partial charge < -0.3 is 19.5 Å². The maximum Gasteiger partial charge on any atom is 0.278 e. The van der Waals surface area contributed by atoms with E-state index in [2.05, 4.69) is 15.3 Å². The predicted molar refractivity (Wildman–Crippen MR) is 95.7 cm³/mol.